The van der Waals surface area contributed by atoms with Crippen LogP contribution in [0.25, 0.3) is 22.4 Å². The Morgan fingerprint density at radius 3 is 2.67 bits per heavy atom. The van der Waals surface area contributed by atoms with Gasteiger partial charge in [0, 0.05) is 21.3 Å². The smallest absolute Gasteiger partial charge is 0.266 e. The van der Waals surface area contributed by atoms with Crippen molar-refractivity contribution in [2.45, 2.75) is 12.6 Å². The number of carbonyl (C=O) groups excluding carboxylic acids is 2. The average Bonchev–Trinajstić information content (AvgIpc) is 3.39. The molecule has 0 bridgehead atoms. The normalized spacial score (nSPS) is 12.3. The Balaban J connectivity index is 1.89. The van der Waals surface area contributed by atoms with Crippen LogP contribution in [0.4, 0.5) is 11.5 Å². The first-order valence-electron chi connectivity index (χ1n) is 10.6. The van der Waals surface area contributed by atoms with Crippen molar-refractivity contribution in [3.8, 4) is 34.2 Å². The summed E-state index contributed by atoms with van der Waals surface area (Å²) in [6.07, 6.45) is 0.597. The van der Waals surface area contributed by atoms with E-state index in [0.29, 0.717) is 43.7 Å². The van der Waals surface area contributed by atoms with Crippen molar-refractivity contribution in [3.05, 3.63) is 81.0 Å². The molecule has 0 radical (unpaired) electrons. The number of nitrogens with zero attached hydrogens (tertiary/aromatic N) is 2. The number of hydrogen-bond donors (Lipinski definition) is 4. The number of halogens is 1. The number of aromatic hydroxyl groups is 1. The highest BCUT2D eigenvalue weighted by atomic mass is 79.9. The molecule has 180 valence electrons. The molecule has 10 heteroatoms. The zero-order valence-corrected chi connectivity index (χ0v) is 21.4. The second kappa shape index (κ2) is 10.3. The first kappa shape index (κ1) is 25.1. The molecule has 4 aromatic rings. The molecule has 1 amide bonds. The number of rotatable bonds is 7. The van der Waals surface area contributed by atoms with Crippen LogP contribution in [-0.4, -0.2) is 27.9 Å². The number of anilines is 2. The molecular formula is C26H20BrN5O3S. The maximum atomic E-state index is 12.8. The number of phenolic OH excluding ortho intramolecular Hbond substituents is 1. The zero-order chi connectivity index (χ0) is 25.9. The van der Waals surface area contributed by atoms with Crippen LogP contribution in [0.15, 0.2) is 70.5 Å². The number of nitrogens with two attached hydrogens (primary N) is 1. The van der Waals surface area contributed by atoms with Gasteiger partial charge in [-0.15, -0.1) is 11.3 Å². The lowest BCUT2D eigenvalue weighted by molar-refractivity contribution is -0.110. The van der Waals surface area contributed by atoms with E-state index >= 15 is 0 Å². The highest BCUT2D eigenvalue weighted by Gasteiger charge is 2.21. The van der Waals surface area contributed by atoms with E-state index in [2.05, 4.69) is 37.6 Å². The molecule has 5 N–H and O–H groups in total. The minimum Gasteiger partial charge on any atom is -0.507 e. The topological polar surface area (TPSA) is 141 Å². The summed E-state index contributed by atoms with van der Waals surface area (Å²) in [7, 11) is 0. The van der Waals surface area contributed by atoms with Crippen molar-refractivity contribution in [3.63, 3.8) is 0 Å². The first-order valence-corrected chi connectivity index (χ1v) is 12.3. The molecule has 0 spiro atoms. The Hall–Kier alpha value is -4.04. The number of aromatic nitrogens is 1. The maximum Gasteiger partial charge on any atom is 0.266 e. The third-order valence-corrected chi connectivity index (χ3v) is 6.54. The Kier molecular flexibility index (Phi) is 7.17. The number of pyridine rings is 1. The lowest BCUT2D eigenvalue weighted by Gasteiger charge is -2.21. The predicted molar refractivity (Wildman–Crippen MR) is 144 cm³/mol. The molecule has 0 fully saturated rings. The SMILES string of the molecule is C[C@@](N)(C=O)Nc1cccc(-c2cc(-c3ccc(Br)cc3O)nc(NC(=O)c3cccs3)c2C#N)c1. The molecule has 0 aliphatic rings. The molecule has 0 aliphatic carbocycles. The van der Waals surface area contributed by atoms with Crippen LogP contribution in [0.3, 0.4) is 0 Å². The molecule has 1 atom stereocenters. The molecule has 0 unspecified atom stereocenters. The number of aldehydes is 1. The highest BCUT2D eigenvalue weighted by molar-refractivity contribution is 9.10. The highest BCUT2D eigenvalue weighted by Crippen LogP contribution is 2.37. The van der Waals surface area contributed by atoms with E-state index in [9.17, 15) is 20.0 Å². The fourth-order valence-electron chi connectivity index (χ4n) is 3.52. The van der Waals surface area contributed by atoms with Gasteiger partial charge in [0.25, 0.3) is 5.91 Å². The Labute approximate surface area is 219 Å². The van der Waals surface area contributed by atoms with Crippen molar-refractivity contribution in [1.29, 1.82) is 5.26 Å². The summed E-state index contributed by atoms with van der Waals surface area (Å²) in [5.74, 6) is -0.374. The fourth-order valence-corrected chi connectivity index (χ4v) is 4.49. The van der Waals surface area contributed by atoms with Gasteiger partial charge in [-0.3, -0.25) is 9.59 Å². The van der Waals surface area contributed by atoms with Crippen LogP contribution in [0.1, 0.15) is 22.2 Å². The minimum atomic E-state index is -1.29. The van der Waals surface area contributed by atoms with E-state index in [0.717, 1.165) is 0 Å². The molecule has 4 rings (SSSR count). The monoisotopic (exact) mass is 561 g/mol. The van der Waals surface area contributed by atoms with Crippen LogP contribution in [-0.2, 0) is 4.79 Å². The molecular weight excluding hydrogens is 542 g/mol. The largest absolute Gasteiger partial charge is 0.507 e. The van der Waals surface area contributed by atoms with Gasteiger partial charge < -0.3 is 21.5 Å². The van der Waals surface area contributed by atoms with Gasteiger partial charge in [0.2, 0.25) is 0 Å². The molecule has 0 saturated carbocycles. The number of nitrogens with one attached hydrogen (secondary N) is 2. The molecule has 2 aromatic heterocycles. The second-order valence-electron chi connectivity index (χ2n) is 8.09. The molecule has 2 heterocycles. The second-order valence-corrected chi connectivity index (χ2v) is 9.95. The average molecular weight is 562 g/mol. The van der Waals surface area contributed by atoms with Gasteiger partial charge in [0.05, 0.1) is 10.6 Å². The Morgan fingerprint density at radius 2 is 2.00 bits per heavy atom. The van der Waals surface area contributed by atoms with E-state index < -0.39 is 11.6 Å². The predicted octanol–water partition coefficient (Wildman–Crippen LogP) is 5.35. The van der Waals surface area contributed by atoms with Gasteiger partial charge >= 0.3 is 0 Å². The van der Waals surface area contributed by atoms with Gasteiger partial charge in [0.15, 0.2) is 12.1 Å². The third-order valence-electron chi connectivity index (χ3n) is 5.18. The van der Waals surface area contributed by atoms with Crippen molar-refractivity contribution in [1.82, 2.24) is 4.98 Å². The van der Waals surface area contributed by atoms with Crippen LogP contribution in [0, 0.1) is 11.3 Å². The quantitative estimate of drug-likeness (QED) is 0.176. The van der Waals surface area contributed by atoms with Crippen LogP contribution in [0.5, 0.6) is 5.75 Å². The number of thiophene rings is 1. The van der Waals surface area contributed by atoms with Crippen molar-refractivity contribution < 1.29 is 14.7 Å². The summed E-state index contributed by atoms with van der Waals surface area (Å²) < 4.78 is 0.683. The van der Waals surface area contributed by atoms with E-state index in [1.165, 1.54) is 24.3 Å². The Bertz CT molecular complexity index is 1500. The standard InChI is InChI=1S/C26H20BrN5O3S/c1-26(29,14-33)32-17-5-2-4-15(10-17)19-12-21(18-8-7-16(27)11-22(18)34)30-24(20(19)13-28)31-25(35)23-6-3-9-36-23/h2-12,14,32,34H,29H2,1H3,(H,30,31,35)/t26-/m0/s1. The summed E-state index contributed by atoms with van der Waals surface area (Å²) in [6, 6.07) is 19.2. The first-order chi connectivity index (χ1) is 17.2. The van der Waals surface area contributed by atoms with Gasteiger partial charge in [-0.1, -0.05) is 34.1 Å². The summed E-state index contributed by atoms with van der Waals surface area (Å²) in [4.78, 5) is 29.1. The number of hydrogen-bond acceptors (Lipinski definition) is 8. The lowest BCUT2D eigenvalue weighted by atomic mass is 9.97. The Morgan fingerprint density at radius 1 is 1.19 bits per heavy atom. The molecule has 36 heavy (non-hydrogen) atoms. The van der Waals surface area contributed by atoms with Gasteiger partial charge in [-0.05, 0) is 60.3 Å². The van der Waals surface area contributed by atoms with Gasteiger partial charge in [-0.2, -0.15) is 5.26 Å². The minimum absolute atomic E-state index is 0.0247. The summed E-state index contributed by atoms with van der Waals surface area (Å²) in [6.45, 7) is 1.53. The van der Waals surface area contributed by atoms with Crippen molar-refractivity contribution in [2.24, 2.45) is 5.73 Å². The number of amides is 1. The number of phenols is 1. The van der Waals surface area contributed by atoms with Gasteiger partial charge in [-0.25, -0.2) is 4.98 Å². The summed E-state index contributed by atoms with van der Waals surface area (Å²) in [5, 5.41) is 28.1. The molecule has 2 aromatic carbocycles. The van der Waals surface area contributed by atoms with E-state index in [-0.39, 0.29) is 17.1 Å². The maximum absolute atomic E-state index is 12.8. The van der Waals surface area contributed by atoms with Gasteiger partial charge in [0.1, 0.15) is 23.0 Å². The zero-order valence-electron chi connectivity index (χ0n) is 18.9. The third kappa shape index (κ3) is 5.44. The summed E-state index contributed by atoms with van der Waals surface area (Å²) in [5.41, 5.74) is 7.20. The van der Waals surface area contributed by atoms with E-state index in [1.54, 1.807) is 60.0 Å². The van der Waals surface area contributed by atoms with Crippen molar-refractivity contribution in [2.75, 3.05) is 10.6 Å². The van der Waals surface area contributed by atoms with Crippen LogP contribution < -0.4 is 16.4 Å². The molecule has 8 nitrogen and oxygen atoms in total. The van der Waals surface area contributed by atoms with Crippen LogP contribution in [0.2, 0.25) is 0 Å². The van der Waals surface area contributed by atoms with Crippen LogP contribution >= 0.6 is 27.3 Å². The lowest BCUT2D eigenvalue weighted by Crippen LogP contribution is -2.46. The van der Waals surface area contributed by atoms with E-state index in [4.69, 9.17) is 5.73 Å². The summed E-state index contributed by atoms with van der Waals surface area (Å²) >= 11 is 4.59. The molecule has 0 aliphatic heterocycles. The van der Waals surface area contributed by atoms with E-state index in [1.807, 2.05) is 0 Å². The van der Waals surface area contributed by atoms with Crippen molar-refractivity contribution >= 4 is 51.0 Å². The number of carbonyl (C=O) groups is 2. The number of nitriles is 1. The molecule has 0 saturated heterocycles. The fraction of sp³-hybridized carbons (Fsp3) is 0.0769. The number of benzene rings is 2.